The van der Waals surface area contributed by atoms with E-state index in [-0.39, 0.29) is 28.7 Å². The Hall–Kier alpha value is -2.96. The maximum absolute atomic E-state index is 13.4. The first-order valence-electron chi connectivity index (χ1n) is 18.3. The van der Waals surface area contributed by atoms with Crippen molar-refractivity contribution < 1.29 is 32.2 Å². The minimum atomic E-state index is -3.97. The predicted molar refractivity (Wildman–Crippen MR) is 197 cm³/mol. The summed E-state index contributed by atoms with van der Waals surface area (Å²) in [4.78, 5) is 28.4. The van der Waals surface area contributed by atoms with Crippen molar-refractivity contribution >= 4 is 39.5 Å². The molecule has 2 spiro atoms. The first-order chi connectivity index (χ1) is 24.4. The quantitative estimate of drug-likeness (QED) is 0.321. The molecule has 0 unspecified atom stereocenters. The van der Waals surface area contributed by atoms with Crippen molar-refractivity contribution in [2.24, 2.45) is 23.2 Å². The summed E-state index contributed by atoms with van der Waals surface area (Å²) in [5.41, 5.74) is 2.66. The molecule has 2 aromatic carbocycles. The van der Waals surface area contributed by atoms with Crippen molar-refractivity contribution in [3.8, 4) is 5.75 Å². The van der Waals surface area contributed by atoms with Crippen LogP contribution in [0.3, 0.4) is 0 Å². The number of nitrogens with one attached hydrogen (secondary N) is 2. The smallest absolute Gasteiger partial charge is 0.264 e. The fourth-order valence-electron chi connectivity index (χ4n) is 8.76. The lowest BCUT2D eigenvalue weighted by molar-refractivity contribution is -0.139. The van der Waals surface area contributed by atoms with Gasteiger partial charge in [-0.3, -0.25) is 9.59 Å². The lowest BCUT2D eigenvalue weighted by atomic mass is 9.64. The molecular weight excluding hydrogens is 690 g/mol. The van der Waals surface area contributed by atoms with Gasteiger partial charge in [-0.25, -0.2) is 13.1 Å². The van der Waals surface area contributed by atoms with Crippen LogP contribution in [0.25, 0.3) is 0 Å². The van der Waals surface area contributed by atoms with Gasteiger partial charge in [0.15, 0.2) is 6.29 Å². The Kier molecular flexibility index (Phi) is 10.1. The van der Waals surface area contributed by atoms with Crippen LogP contribution >= 0.6 is 11.6 Å². The number of hydrogen-bond acceptors (Lipinski definition) is 9. The number of carbonyl (C=O) groups excluding carboxylic acids is 2. The molecule has 0 radical (unpaired) electrons. The number of rotatable bonds is 2. The molecule has 3 fully saturated rings. The monoisotopic (exact) mass is 739 g/mol. The normalized spacial score (nSPS) is 34.0. The highest BCUT2D eigenvalue weighted by Gasteiger charge is 2.49. The number of fused-ring (bicyclic) bond motifs is 4. The molecule has 51 heavy (non-hydrogen) atoms. The highest BCUT2D eigenvalue weighted by atomic mass is 35.5. The van der Waals surface area contributed by atoms with Gasteiger partial charge in [0.1, 0.15) is 11.4 Å². The number of aryl methyl sites for hydroxylation is 1. The van der Waals surface area contributed by atoms with Crippen LogP contribution < -0.4 is 19.7 Å². The fourth-order valence-corrected chi connectivity index (χ4v) is 10.2. The number of nitrogens with zero attached hydrogens (tertiary/aromatic N) is 1. The van der Waals surface area contributed by atoms with Gasteiger partial charge in [0, 0.05) is 60.6 Å². The number of hydrogen-bond donors (Lipinski definition) is 2. The lowest BCUT2D eigenvalue weighted by Crippen LogP contribution is -2.64. The molecule has 12 heteroatoms. The molecule has 2 bridgehead atoms. The summed E-state index contributed by atoms with van der Waals surface area (Å²) >= 11 is 6.40. The number of amides is 1. The highest BCUT2D eigenvalue weighted by molar-refractivity contribution is 7.90. The summed E-state index contributed by atoms with van der Waals surface area (Å²) in [6.45, 7) is 9.55. The molecule has 6 atom stereocenters. The number of anilines is 1. The zero-order valence-corrected chi connectivity index (χ0v) is 31.4. The van der Waals surface area contributed by atoms with E-state index in [4.69, 9.17) is 25.8 Å². The third kappa shape index (κ3) is 6.85. The summed E-state index contributed by atoms with van der Waals surface area (Å²) in [6, 6.07) is 11.3. The Morgan fingerprint density at radius 3 is 2.51 bits per heavy atom. The Balaban J connectivity index is 0.000000512. The van der Waals surface area contributed by atoms with E-state index in [0.717, 1.165) is 57.3 Å². The third-order valence-electron chi connectivity index (χ3n) is 12.5. The second-order valence-electron chi connectivity index (χ2n) is 15.8. The lowest BCUT2D eigenvalue weighted by Gasteiger charge is -2.48. The van der Waals surface area contributed by atoms with Gasteiger partial charge in [0.2, 0.25) is 10.0 Å². The van der Waals surface area contributed by atoms with Crippen LogP contribution in [0.1, 0.15) is 67.4 Å². The van der Waals surface area contributed by atoms with E-state index >= 15 is 0 Å². The number of ether oxygens (including phenoxy) is 3. The number of aldehydes is 1. The highest BCUT2D eigenvalue weighted by Crippen LogP contribution is 2.48. The first kappa shape index (κ1) is 36.4. The van der Waals surface area contributed by atoms with Crippen molar-refractivity contribution in [2.75, 3.05) is 58.0 Å². The zero-order valence-electron chi connectivity index (χ0n) is 29.8. The van der Waals surface area contributed by atoms with E-state index in [1.807, 2.05) is 25.1 Å². The number of methoxy groups -OCH3 is 1. The standard InChI is InChI=1S/C34H41ClN2O6S.C5H9NO/c1-22-6-4-15-34(20-38,42-3)29-11-8-26(29)18-37-19-33(14-5-7-24-16-27(35)10-12-28(24)33)21-43-31-13-9-25(17-30(31)37)32(39)36-44(40,41)23(22)2;1-5(2-6-1)3-7-4-5/h4,9-10,12-13,15-17,20,22-23,26,29H,5-8,11,14,18-19,21H2,1-3H3,(H,36,39);6H,1-4H2/b15-4+;/t22-,23+,26-,29+,33-,34+;/m0./s1. The molecular formula is C39H50ClN3O7S. The summed E-state index contributed by atoms with van der Waals surface area (Å²) < 4.78 is 46.4. The van der Waals surface area contributed by atoms with E-state index in [2.05, 4.69) is 27.1 Å². The molecule has 2 N–H and O–H groups in total. The fraction of sp³-hybridized carbons (Fsp3) is 0.590. The Bertz CT molecular complexity index is 1780. The molecule has 4 aliphatic heterocycles. The first-order valence-corrected chi connectivity index (χ1v) is 20.2. The maximum atomic E-state index is 13.4. The van der Waals surface area contributed by atoms with Gasteiger partial charge in [0.05, 0.1) is 30.8 Å². The summed E-state index contributed by atoms with van der Waals surface area (Å²) in [7, 11) is -2.41. The Morgan fingerprint density at radius 1 is 1.08 bits per heavy atom. The van der Waals surface area contributed by atoms with Gasteiger partial charge in [-0.2, -0.15) is 0 Å². The molecule has 0 aromatic heterocycles. The van der Waals surface area contributed by atoms with Gasteiger partial charge in [-0.05, 0) is 105 Å². The van der Waals surface area contributed by atoms with Crippen LogP contribution in [0.4, 0.5) is 5.69 Å². The second-order valence-corrected chi connectivity index (χ2v) is 18.3. The third-order valence-corrected chi connectivity index (χ3v) is 14.7. The van der Waals surface area contributed by atoms with Crippen molar-refractivity contribution in [1.29, 1.82) is 0 Å². The van der Waals surface area contributed by atoms with E-state index in [9.17, 15) is 18.0 Å². The second kappa shape index (κ2) is 14.1. The van der Waals surface area contributed by atoms with Crippen molar-refractivity contribution in [1.82, 2.24) is 10.0 Å². The van der Waals surface area contributed by atoms with Gasteiger partial charge < -0.3 is 24.4 Å². The van der Waals surface area contributed by atoms with Gasteiger partial charge in [0.25, 0.3) is 5.91 Å². The predicted octanol–water partition coefficient (Wildman–Crippen LogP) is 5.07. The number of halogens is 1. The Morgan fingerprint density at radius 2 is 1.88 bits per heavy atom. The number of benzene rings is 2. The average Bonchev–Trinajstić information content (AvgIpc) is 3.20. The van der Waals surface area contributed by atoms with Crippen LogP contribution in [-0.4, -0.2) is 84.6 Å². The van der Waals surface area contributed by atoms with Crippen molar-refractivity contribution in [2.45, 2.75) is 68.6 Å². The van der Waals surface area contributed by atoms with Crippen LogP contribution in [0.15, 0.2) is 48.6 Å². The largest absolute Gasteiger partial charge is 0.490 e. The molecule has 2 saturated heterocycles. The molecule has 1 amide bonds. The summed E-state index contributed by atoms with van der Waals surface area (Å²) in [5, 5.41) is 3.10. The number of carbonyl (C=O) groups is 2. The summed E-state index contributed by atoms with van der Waals surface area (Å²) in [6.07, 6.45) is 9.65. The number of allylic oxidation sites excluding steroid dienone is 1. The van der Waals surface area contributed by atoms with Crippen LogP contribution in [0.5, 0.6) is 5.75 Å². The van der Waals surface area contributed by atoms with E-state index in [1.165, 1.54) is 24.2 Å². The van der Waals surface area contributed by atoms with Gasteiger partial charge >= 0.3 is 0 Å². The molecule has 1 saturated carbocycles. The summed E-state index contributed by atoms with van der Waals surface area (Å²) in [5.74, 6) is -0.203. The molecule has 4 heterocycles. The molecule has 2 aromatic rings. The van der Waals surface area contributed by atoms with Crippen LogP contribution in [0.2, 0.25) is 5.02 Å². The SMILES string of the molecule is C1NCC12COC2.CO[C@@]1(C=O)/C=C/C[C@H](C)[C@@H](C)S(=O)(=O)NC(=O)c2ccc3c(c2)N(C[C@@H]2CC[C@H]21)C[C@@]1(CCCc2cc(Cl)ccc21)CO3. The Labute approximate surface area is 306 Å². The molecule has 276 valence electrons. The van der Waals surface area contributed by atoms with E-state index in [0.29, 0.717) is 42.3 Å². The maximum Gasteiger partial charge on any atom is 0.264 e. The van der Waals surface area contributed by atoms with Gasteiger partial charge in [-0.15, -0.1) is 0 Å². The average molecular weight is 740 g/mol. The molecule has 2 aliphatic carbocycles. The molecule has 8 rings (SSSR count). The van der Waals surface area contributed by atoms with Gasteiger partial charge in [-0.1, -0.05) is 30.7 Å². The van der Waals surface area contributed by atoms with E-state index < -0.39 is 26.8 Å². The van der Waals surface area contributed by atoms with E-state index in [1.54, 1.807) is 32.2 Å². The van der Waals surface area contributed by atoms with Crippen LogP contribution in [0, 0.1) is 23.2 Å². The topological polar surface area (TPSA) is 123 Å². The molecule has 6 aliphatic rings. The van der Waals surface area contributed by atoms with Crippen molar-refractivity contribution in [3.63, 3.8) is 0 Å². The molecule has 10 nitrogen and oxygen atoms in total. The van der Waals surface area contributed by atoms with Crippen molar-refractivity contribution in [3.05, 3.63) is 70.3 Å². The zero-order chi connectivity index (χ0) is 36.0. The van der Waals surface area contributed by atoms with Crippen LogP contribution in [-0.2, 0) is 36.1 Å². The number of sulfonamides is 1. The minimum absolute atomic E-state index is 0.0434. The minimum Gasteiger partial charge on any atom is -0.490 e.